The molecule has 254 valence electrons. The van der Waals surface area contributed by atoms with Crippen molar-refractivity contribution < 1.29 is 41.2 Å². The van der Waals surface area contributed by atoms with Crippen LogP contribution in [0.5, 0.6) is 5.75 Å². The maximum absolute atomic E-state index is 13.2. The Morgan fingerprint density at radius 1 is 1.28 bits per heavy atom. The lowest BCUT2D eigenvalue weighted by atomic mass is 9.84. The summed E-state index contributed by atoms with van der Waals surface area (Å²) < 4.78 is 44.7. The molecule has 21 heteroatoms. The highest BCUT2D eigenvalue weighted by molar-refractivity contribution is 7.80. The average molecular weight is 695 g/mol. The minimum atomic E-state index is -5.01. The maximum atomic E-state index is 13.2. The highest BCUT2D eigenvalue weighted by Crippen LogP contribution is 2.33. The molecule has 0 spiro atoms. The quantitative estimate of drug-likeness (QED) is 0.0476. The molecule has 1 aromatic carbocycles. The van der Waals surface area contributed by atoms with Gasteiger partial charge in [0.25, 0.3) is 17.7 Å². The molecular formula is C26H34N10O9S2. The van der Waals surface area contributed by atoms with E-state index in [0.29, 0.717) is 29.5 Å². The van der Waals surface area contributed by atoms with E-state index >= 15 is 0 Å². The van der Waals surface area contributed by atoms with Crippen LogP contribution in [-0.4, -0.2) is 86.4 Å². The van der Waals surface area contributed by atoms with Crippen molar-refractivity contribution >= 4 is 50.3 Å². The molecule has 47 heavy (non-hydrogen) atoms. The van der Waals surface area contributed by atoms with E-state index in [2.05, 4.69) is 19.7 Å². The zero-order valence-corrected chi connectivity index (χ0v) is 27.1. The SMILES string of the molecule is Cn1c(-c2ccc(OC[C@H](O/N=C(\C(=O)N[C@@H]3C(=O)N(OS(=O)(=O)O)C3(C)C)c3csc(N)n3)C(N)=O)cc2)cn(CCCN)c1=N. The minimum Gasteiger partial charge on any atom is -0.489 e. The molecule has 3 amide bonds. The molecule has 0 aliphatic carbocycles. The van der Waals surface area contributed by atoms with E-state index in [4.69, 9.17) is 36.7 Å². The third kappa shape index (κ3) is 7.94. The number of hydrogen-bond donors (Lipinski definition) is 6. The highest BCUT2D eigenvalue weighted by Gasteiger charge is 2.58. The molecule has 1 aliphatic rings. The molecule has 2 atom stereocenters. The Morgan fingerprint density at radius 2 is 1.96 bits per heavy atom. The fraction of sp³-hybridized carbons (Fsp3) is 0.385. The van der Waals surface area contributed by atoms with E-state index in [9.17, 15) is 22.8 Å². The molecular weight excluding hydrogens is 660 g/mol. The Morgan fingerprint density at radius 3 is 2.51 bits per heavy atom. The van der Waals surface area contributed by atoms with Gasteiger partial charge in [-0.25, -0.2) is 4.98 Å². The molecule has 9 N–H and O–H groups in total. The Balaban J connectivity index is 1.46. The van der Waals surface area contributed by atoms with Crippen LogP contribution >= 0.6 is 11.3 Å². The first-order valence-electron chi connectivity index (χ1n) is 13.8. The van der Waals surface area contributed by atoms with Crippen molar-refractivity contribution in [2.75, 3.05) is 18.9 Å². The predicted octanol–water partition coefficient (Wildman–Crippen LogP) is -1.15. The van der Waals surface area contributed by atoms with Crippen molar-refractivity contribution in [1.82, 2.24) is 24.5 Å². The molecule has 1 fully saturated rings. The molecule has 3 heterocycles. The number of thiazole rings is 1. The summed E-state index contributed by atoms with van der Waals surface area (Å²) in [5.41, 5.74) is 16.8. The molecule has 0 unspecified atom stereocenters. The number of carbonyl (C=O) groups excluding carboxylic acids is 3. The number of hydroxylamine groups is 2. The number of rotatable bonds is 15. The molecule has 1 saturated heterocycles. The van der Waals surface area contributed by atoms with Crippen LogP contribution in [0.2, 0.25) is 0 Å². The number of carbonyl (C=O) groups is 3. The molecule has 0 radical (unpaired) electrons. The number of primary amides is 1. The number of β-lactam (4-membered cyclic amide) rings is 1. The molecule has 1 aliphatic heterocycles. The number of nitrogens with one attached hydrogen (secondary N) is 2. The van der Waals surface area contributed by atoms with Gasteiger partial charge < -0.3 is 41.2 Å². The number of aryl methyl sites for hydroxylation is 1. The van der Waals surface area contributed by atoms with Crippen molar-refractivity contribution in [1.29, 1.82) is 5.41 Å². The van der Waals surface area contributed by atoms with Gasteiger partial charge in [0.05, 0.1) is 11.2 Å². The van der Waals surface area contributed by atoms with Gasteiger partial charge in [-0.2, -0.15) is 13.5 Å². The van der Waals surface area contributed by atoms with Crippen molar-refractivity contribution in [2.45, 2.75) is 44.5 Å². The zero-order valence-electron chi connectivity index (χ0n) is 25.4. The van der Waals surface area contributed by atoms with Crippen LogP contribution in [0.4, 0.5) is 5.13 Å². The molecule has 2 aromatic heterocycles. The molecule has 4 rings (SSSR count). The standard InChI is InChI=1S/C26H34N10O9S2/c1-26(2)20(23(39)36(26)45-47(40,41)42)32-22(38)19(16-13-46-24(29)31-16)33-44-18(21(28)37)12-43-15-7-5-14(6-8-15)17-11-35(10-4-9-27)25(30)34(17)3/h5-8,11,13,18,20,30H,4,9-10,12,27H2,1-3H3,(H2,28,37)(H2,29,31)(H,32,38)(H,40,41,42)/b30-25?,33-19-/t18-,20+/m0/s1. The summed E-state index contributed by atoms with van der Waals surface area (Å²) in [5, 5.41) is 16.3. The van der Waals surface area contributed by atoms with E-state index in [0.717, 1.165) is 29.0 Å². The van der Waals surface area contributed by atoms with Crippen LogP contribution < -0.4 is 32.9 Å². The highest BCUT2D eigenvalue weighted by atomic mass is 32.3. The number of nitrogens with zero attached hydrogens (tertiary/aromatic N) is 5. The van der Waals surface area contributed by atoms with Crippen LogP contribution in [0.3, 0.4) is 0 Å². The monoisotopic (exact) mass is 694 g/mol. The third-order valence-corrected chi connectivity index (χ3v) is 8.08. The van der Waals surface area contributed by atoms with E-state index < -0.39 is 58.1 Å². The van der Waals surface area contributed by atoms with Crippen LogP contribution in [0, 0.1) is 5.41 Å². The summed E-state index contributed by atoms with van der Waals surface area (Å²) in [4.78, 5) is 47.3. The number of anilines is 1. The van der Waals surface area contributed by atoms with Crippen LogP contribution in [0.1, 0.15) is 26.0 Å². The first-order valence-corrected chi connectivity index (χ1v) is 16.1. The number of hydrogen-bond acceptors (Lipinski definition) is 14. The number of amides is 3. The van der Waals surface area contributed by atoms with Crippen molar-refractivity contribution in [2.24, 2.45) is 23.7 Å². The normalized spacial score (nSPS) is 16.8. The molecule has 19 nitrogen and oxygen atoms in total. The lowest BCUT2D eigenvalue weighted by Gasteiger charge is -2.50. The van der Waals surface area contributed by atoms with Crippen LogP contribution in [0.25, 0.3) is 11.3 Å². The van der Waals surface area contributed by atoms with Gasteiger partial charge in [0.2, 0.25) is 11.7 Å². The fourth-order valence-electron chi connectivity index (χ4n) is 4.50. The second kappa shape index (κ2) is 13.9. The van der Waals surface area contributed by atoms with Gasteiger partial charge in [-0.1, -0.05) is 5.16 Å². The largest absolute Gasteiger partial charge is 0.489 e. The summed E-state index contributed by atoms with van der Waals surface area (Å²) in [6.45, 7) is 3.47. The molecule has 0 bridgehead atoms. The first kappa shape index (κ1) is 35.0. The lowest BCUT2D eigenvalue weighted by Crippen LogP contribution is -2.76. The van der Waals surface area contributed by atoms with Gasteiger partial charge >= 0.3 is 10.4 Å². The van der Waals surface area contributed by atoms with E-state index in [1.54, 1.807) is 40.4 Å². The smallest absolute Gasteiger partial charge is 0.418 e. The number of aromatic nitrogens is 3. The third-order valence-electron chi connectivity index (χ3n) is 7.07. The lowest BCUT2D eigenvalue weighted by molar-refractivity contribution is -0.218. The van der Waals surface area contributed by atoms with E-state index in [1.165, 1.54) is 19.2 Å². The number of ether oxygens (including phenoxy) is 1. The number of nitrogen functional groups attached to an aromatic ring is 1. The van der Waals surface area contributed by atoms with Gasteiger partial charge in [-0.15, -0.1) is 15.6 Å². The minimum absolute atomic E-state index is 0.0544. The predicted molar refractivity (Wildman–Crippen MR) is 166 cm³/mol. The Kier molecular flexibility index (Phi) is 10.3. The Hall–Kier alpha value is -4.83. The summed E-state index contributed by atoms with van der Waals surface area (Å²) in [6, 6.07) is 5.55. The number of benzene rings is 1. The Labute approximate surface area is 272 Å². The van der Waals surface area contributed by atoms with Gasteiger partial charge in [-0.05, 0) is 56.6 Å². The number of imidazole rings is 1. The van der Waals surface area contributed by atoms with Crippen molar-refractivity contribution in [3.63, 3.8) is 0 Å². The summed E-state index contributed by atoms with van der Waals surface area (Å²) >= 11 is 0.976. The maximum Gasteiger partial charge on any atom is 0.418 e. The van der Waals surface area contributed by atoms with Gasteiger partial charge in [-0.3, -0.25) is 24.3 Å². The van der Waals surface area contributed by atoms with E-state index in [-0.39, 0.29) is 10.8 Å². The molecule has 3 aromatic rings. The second-order valence-corrected chi connectivity index (χ2v) is 12.7. The summed E-state index contributed by atoms with van der Waals surface area (Å²) in [7, 11) is -3.23. The second-order valence-electron chi connectivity index (χ2n) is 10.8. The number of oxime groups is 1. The summed E-state index contributed by atoms with van der Waals surface area (Å²) in [5.74, 6) is -2.58. The number of nitrogens with two attached hydrogens (primary N) is 3. The van der Waals surface area contributed by atoms with E-state index in [1.807, 2.05) is 6.20 Å². The van der Waals surface area contributed by atoms with Gasteiger partial charge in [0, 0.05) is 25.2 Å². The van der Waals surface area contributed by atoms with Crippen LogP contribution in [0.15, 0.2) is 41.0 Å². The summed E-state index contributed by atoms with van der Waals surface area (Å²) in [6.07, 6.45) is 1.11. The topological polar surface area (TPSA) is 286 Å². The average Bonchev–Trinajstić information content (AvgIpc) is 3.56. The van der Waals surface area contributed by atoms with Crippen LogP contribution in [-0.2, 0) is 47.5 Å². The zero-order chi connectivity index (χ0) is 34.7. The Bertz CT molecular complexity index is 1850. The van der Waals surface area contributed by atoms with Gasteiger partial charge in [0.1, 0.15) is 24.1 Å². The van der Waals surface area contributed by atoms with Crippen molar-refractivity contribution in [3.8, 4) is 17.0 Å². The molecule has 0 saturated carbocycles. The first-order chi connectivity index (χ1) is 22.0. The van der Waals surface area contributed by atoms with Crippen molar-refractivity contribution in [3.05, 3.63) is 47.2 Å². The van der Waals surface area contributed by atoms with Gasteiger partial charge in [0.15, 0.2) is 10.8 Å². The fourth-order valence-corrected chi connectivity index (χ4v) is 5.50.